The number of halogens is 4. The summed E-state index contributed by atoms with van der Waals surface area (Å²) < 4.78 is 38.5. The number of allylic oxidation sites excluding steroid dienone is 3. The lowest BCUT2D eigenvalue weighted by Gasteiger charge is -2.13. The first kappa shape index (κ1) is 31.0. The number of rotatable bonds is 6. The number of amides is 1. The summed E-state index contributed by atoms with van der Waals surface area (Å²) in [6, 6.07) is 8.07. The summed E-state index contributed by atoms with van der Waals surface area (Å²) in [5.74, 6) is 1.72. The quantitative estimate of drug-likeness (QED) is 0.231. The van der Waals surface area contributed by atoms with Gasteiger partial charge in [0.25, 0.3) is 12.2 Å². The van der Waals surface area contributed by atoms with Gasteiger partial charge in [0.05, 0.1) is 10.6 Å². The zero-order valence-corrected chi connectivity index (χ0v) is 22.4. The molecule has 0 saturated heterocycles. The number of carbonyl (C=O) groups excluding carboxylic acids is 1. The van der Waals surface area contributed by atoms with Gasteiger partial charge in [-0.2, -0.15) is 0 Å². The molecule has 1 aliphatic rings. The van der Waals surface area contributed by atoms with E-state index in [4.69, 9.17) is 32.7 Å². The molecule has 8 heteroatoms. The van der Waals surface area contributed by atoms with Crippen molar-refractivity contribution in [1.29, 1.82) is 0 Å². The lowest BCUT2D eigenvalue weighted by Crippen LogP contribution is -2.32. The molecule has 2 aromatic rings. The molecule has 0 spiro atoms. The summed E-state index contributed by atoms with van der Waals surface area (Å²) in [5.41, 5.74) is 1.74. The lowest BCUT2D eigenvalue weighted by atomic mass is 10.1. The van der Waals surface area contributed by atoms with Crippen molar-refractivity contribution < 1.29 is 23.0 Å². The maximum atomic E-state index is 14.3. The van der Waals surface area contributed by atoms with Gasteiger partial charge < -0.3 is 14.8 Å². The minimum atomic E-state index is -0.799. The van der Waals surface area contributed by atoms with Gasteiger partial charge in [-0.3, -0.25) is 4.79 Å². The highest BCUT2D eigenvalue weighted by Crippen LogP contribution is 2.41. The van der Waals surface area contributed by atoms with Crippen LogP contribution in [0.5, 0.6) is 11.5 Å². The van der Waals surface area contributed by atoms with E-state index in [9.17, 15) is 13.6 Å². The van der Waals surface area contributed by atoms with Gasteiger partial charge in [-0.25, -0.2) is 8.78 Å². The number of nitrogens with one attached hydrogen (secondary N) is 1. The van der Waals surface area contributed by atoms with E-state index in [1.165, 1.54) is 35.9 Å². The first-order valence-corrected chi connectivity index (χ1v) is 12.2. The van der Waals surface area contributed by atoms with E-state index in [2.05, 4.69) is 24.2 Å². The summed E-state index contributed by atoms with van der Waals surface area (Å²) in [4.78, 5) is 12.3. The van der Waals surface area contributed by atoms with Gasteiger partial charge in [0.2, 0.25) is 0 Å². The molecular weight excluding hydrogens is 507 g/mol. The molecule has 0 saturated carbocycles. The number of ether oxygens (including phenoxy) is 2. The molecule has 2 atom stereocenters. The third kappa shape index (κ3) is 10.3. The van der Waals surface area contributed by atoms with E-state index >= 15 is 0 Å². The Bertz CT molecular complexity index is 1100. The standard InChI is InChI=1S/C19H19F2NO3.C5H9Cl.C4H3Cl/c1-3-4-11(2)22-18(23)14-9-16-17(10-15(14)21)25-19(24-16)12-5-7-13(20)8-6-12;1-3-5(2)4-6;1-3-4(2)5/h5-11,19H,3-4H2,1-2H3,(H,22,23);3H,4H2,1-2H3;1H,2H2/b;5-3-;. The van der Waals surface area contributed by atoms with E-state index in [0.29, 0.717) is 11.4 Å². The van der Waals surface area contributed by atoms with Gasteiger partial charge in [0.15, 0.2) is 11.5 Å². The van der Waals surface area contributed by atoms with Crippen molar-refractivity contribution in [2.24, 2.45) is 0 Å². The molecule has 0 fully saturated rings. The maximum absolute atomic E-state index is 14.3. The number of fused-ring (bicyclic) bond motifs is 1. The predicted octanol–water partition coefficient (Wildman–Crippen LogP) is 7.92. The zero-order valence-electron chi connectivity index (χ0n) is 20.8. The molecular formula is C28H31Cl2F2NO3. The molecule has 0 radical (unpaired) electrons. The Labute approximate surface area is 222 Å². The van der Waals surface area contributed by atoms with Crippen LogP contribution in [0.4, 0.5) is 8.78 Å². The van der Waals surface area contributed by atoms with Crippen LogP contribution in [0.15, 0.2) is 59.7 Å². The lowest BCUT2D eigenvalue weighted by molar-refractivity contribution is 0.0485. The molecule has 0 aromatic heterocycles. The first-order valence-electron chi connectivity index (χ1n) is 11.3. The van der Waals surface area contributed by atoms with E-state index in [0.717, 1.165) is 18.9 Å². The Hall–Kier alpha value is -3.01. The predicted molar refractivity (Wildman–Crippen MR) is 143 cm³/mol. The minimum absolute atomic E-state index is 0.0470. The van der Waals surface area contributed by atoms with Crippen LogP contribution in [-0.4, -0.2) is 17.8 Å². The second-order valence-electron chi connectivity index (χ2n) is 7.88. The van der Waals surface area contributed by atoms with Gasteiger partial charge in [0, 0.05) is 23.6 Å². The topological polar surface area (TPSA) is 47.6 Å². The van der Waals surface area contributed by atoms with Crippen molar-refractivity contribution in [3.05, 3.63) is 82.4 Å². The third-order valence-electron chi connectivity index (χ3n) is 4.85. The Morgan fingerprint density at radius 1 is 1.25 bits per heavy atom. The van der Waals surface area contributed by atoms with E-state index in [1.54, 1.807) is 0 Å². The zero-order chi connectivity index (χ0) is 27.3. The smallest absolute Gasteiger partial charge is 0.267 e. The van der Waals surface area contributed by atoms with Crippen molar-refractivity contribution in [2.45, 2.75) is 52.9 Å². The van der Waals surface area contributed by atoms with Crippen LogP contribution in [-0.2, 0) is 0 Å². The van der Waals surface area contributed by atoms with Gasteiger partial charge in [0.1, 0.15) is 11.6 Å². The Balaban J connectivity index is 0.000000495. The van der Waals surface area contributed by atoms with Gasteiger partial charge in [-0.15, -0.1) is 18.0 Å². The second kappa shape index (κ2) is 15.9. The van der Waals surface area contributed by atoms with Crippen LogP contribution >= 0.6 is 23.2 Å². The number of hydrogen-bond donors (Lipinski definition) is 1. The van der Waals surface area contributed by atoms with Crippen LogP contribution in [0.1, 0.15) is 62.7 Å². The monoisotopic (exact) mass is 537 g/mol. The molecule has 2 aromatic carbocycles. The molecule has 0 bridgehead atoms. The van der Waals surface area contributed by atoms with Crippen molar-refractivity contribution in [3.8, 4) is 23.8 Å². The van der Waals surface area contributed by atoms with Crippen molar-refractivity contribution in [3.63, 3.8) is 0 Å². The SMILES string of the molecule is C#CC(=C)Cl.C/C=C(/C)CCl.CCCC(C)NC(=O)c1cc2c(cc1F)OC(c1ccc(F)cc1)O2. The third-order valence-corrected chi connectivity index (χ3v) is 5.38. The van der Waals surface area contributed by atoms with E-state index < -0.39 is 18.0 Å². The number of benzene rings is 2. The van der Waals surface area contributed by atoms with Crippen LogP contribution in [0.25, 0.3) is 0 Å². The molecule has 194 valence electrons. The fraction of sp³-hybridized carbons (Fsp3) is 0.321. The Morgan fingerprint density at radius 2 is 1.81 bits per heavy atom. The maximum Gasteiger partial charge on any atom is 0.267 e. The van der Waals surface area contributed by atoms with E-state index in [1.807, 2.05) is 33.8 Å². The molecule has 1 heterocycles. The van der Waals surface area contributed by atoms with Crippen LogP contribution < -0.4 is 14.8 Å². The van der Waals surface area contributed by atoms with Crippen LogP contribution in [0.3, 0.4) is 0 Å². The number of terminal acetylenes is 1. The molecule has 3 rings (SSSR count). The molecule has 4 nitrogen and oxygen atoms in total. The average molecular weight is 538 g/mol. The highest BCUT2D eigenvalue weighted by molar-refractivity contribution is 6.31. The fourth-order valence-corrected chi connectivity index (χ4v) is 2.94. The summed E-state index contributed by atoms with van der Waals surface area (Å²) in [7, 11) is 0. The Morgan fingerprint density at radius 3 is 2.25 bits per heavy atom. The first-order chi connectivity index (χ1) is 17.1. The highest BCUT2D eigenvalue weighted by atomic mass is 35.5. The van der Waals surface area contributed by atoms with Crippen molar-refractivity contribution in [1.82, 2.24) is 5.32 Å². The molecule has 1 aliphatic heterocycles. The molecule has 1 N–H and O–H groups in total. The summed E-state index contributed by atoms with van der Waals surface area (Å²) in [5, 5.41) is 3.02. The summed E-state index contributed by atoms with van der Waals surface area (Å²) >= 11 is 10.4. The van der Waals surface area contributed by atoms with Crippen LogP contribution in [0.2, 0.25) is 0 Å². The summed E-state index contributed by atoms with van der Waals surface area (Å²) in [6.45, 7) is 11.1. The van der Waals surface area contributed by atoms with Crippen molar-refractivity contribution >= 4 is 29.1 Å². The highest BCUT2D eigenvalue weighted by Gasteiger charge is 2.29. The van der Waals surface area contributed by atoms with Crippen LogP contribution in [0, 0.1) is 24.0 Å². The minimum Gasteiger partial charge on any atom is -0.447 e. The van der Waals surface area contributed by atoms with Gasteiger partial charge >= 0.3 is 0 Å². The average Bonchev–Trinajstić information content (AvgIpc) is 3.26. The Kier molecular flexibility index (Phi) is 13.7. The molecule has 0 aliphatic carbocycles. The number of hydrogen-bond acceptors (Lipinski definition) is 3. The van der Waals surface area contributed by atoms with Crippen molar-refractivity contribution in [2.75, 3.05) is 5.88 Å². The van der Waals surface area contributed by atoms with E-state index in [-0.39, 0.29) is 34.0 Å². The molecule has 2 unspecified atom stereocenters. The second-order valence-corrected chi connectivity index (χ2v) is 8.60. The number of carbonyl (C=O) groups is 1. The number of alkyl halides is 1. The summed E-state index contributed by atoms with van der Waals surface area (Å²) in [6.07, 6.45) is 7.63. The molecule has 36 heavy (non-hydrogen) atoms. The molecule has 1 amide bonds. The largest absolute Gasteiger partial charge is 0.447 e. The fourth-order valence-electron chi connectivity index (χ4n) is 2.79. The van der Waals surface area contributed by atoms with Gasteiger partial charge in [-0.05, 0) is 57.5 Å². The normalized spacial score (nSPS) is 14.3. The van der Waals surface area contributed by atoms with Gasteiger partial charge in [-0.1, -0.05) is 49.1 Å².